The zero-order valence-electron chi connectivity index (χ0n) is 10.2. The van der Waals surface area contributed by atoms with Crippen molar-refractivity contribution in [3.63, 3.8) is 0 Å². The average molecular weight is 224 g/mol. The van der Waals surface area contributed by atoms with E-state index in [1.54, 1.807) is 6.07 Å². The lowest BCUT2D eigenvalue weighted by Gasteiger charge is -2.11. The highest BCUT2D eigenvalue weighted by molar-refractivity contribution is 5.15. The Morgan fingerprint density at radius 1 is 1.50 bits per heavy atom. The number of unbranched alkanes of at least 4 members (excludes halogenated alkanes) is 1. The molecule has 1 heterocycles. The lowest BCUT2D eigenvalue weighted by molar-refractivity contribution is 0.277. The molecule has 0 atom stereocenters. The third-order valence-corrected chi connectivity index (χ3v) is 2.55. The number of hydrogen-bond acceptors (Lipinski definition) is 3. The Hall–Kier alpha value is -1.16. The van der Waals surface area contributed by atoms with Crippen LogP contribution in [0.25, 0.3) is 0 Å². The quantitative estimate of drug-likeness (QED) is 0.827. The maximum Gasteiger partial charge on any atom is 0.272 e. The fourth-order valence-corrected chi connectivity index (χ4v) is 1.47. The standard InChI is InChI=1S/C12H20N2O2/c1-4-5-6-14-12(16)10(8-15)7-11(13-14)9(2)3/h7,9,15H,4-6,8H2,1-3H3. The van der Waals surface area contributed by atoms with Crippen molar-refractivity contribution in [1.29, 1.82) is 0 Å². The minimum atomic E-state index is -0.215. The molecule has 90 valence electrons. The molecule has 0 fully saturated rings. The van der Waals surface area contributed by atoms with Crippen LogP contribution >= 0.6 is 0 Å². The second-order valence-corrected chi connectivity index (χ2v) is 4.29. The lowest BCUT2D eigenvalue weighted by Crippen LogP contribution is -2.27. The molecular weight excluding hydrogens is 204 g/mol. The van der Waals surface area contributed by atoms with Crippen molar-refractivity contribution in [3.8, 4) is 0 Å². The Morgan fingerprint density at radius 2 is 2.19 bits per heavy atom. The highest BCUT2D eigenvalue weighted by atomic mass is 16.3. The van der Waals surface area contributed by atoms with E-state index in [1.807, 2.05) is 13.8 Å². The highest BCUT2D eigenvalue weighted by Crippen LogP contribution is 2.10. The van der Waals surface area contributed by atoms with Crippen LogP contribution in [0.4, 0.5) is 0 Å². The van der Waals surface area contributed by atoms with Gasteiger partial charge in [0.25, 0.3) is 5.56 Å². The number of aryl methyl sites for hydroxylation is 1. The zero-order valence-corrected chi connectivity index (χ0v) is 10.2. The first-order chi connectivity index (χ1) is 7.60. The minimum absolute atomic E-state index is 0.166. The number of nitrogens with zero attached hydrogens (tertiary/aromatic N) is 2. The molecule has 0 aromatic carbocycles. The third kappa shape index (κ3) is 2.92. The van der Waals surface area contributed by atoms with E-state index in [2.05, 4.69) is 12.0 Å². The van der Waals surface area contributed by atoms with Crippen molar-refractivity contribution in [2.24, 2.45) is 0 Å². The predicted octanol–water partition coefficient (Wildman–Crippen LogP) is 1.66. The lowest BCUT2D eigenvalue weighted by atomic mass is 10.1. The van der Waals surface area contributed by atoms with Gasteiger partial charge in [0.15, 0.2) is 0 Å². The second kappa shape index (κ2) is 5.80. The molecule has 0 saturated carbocycles. The van der Waals surface area contributed by atoms with E-state index in [9.17, 15) is 4.79 Å². The second-order valence-electron chi connectivity index (χ2n) is 4.29. The molecule has 1 N–H and O–H groups in total. The number of hydrogen-bond donors (Lipinski definition) is 1. The summed E-state index contributed by atoms with van der Waals surface area (Å²) in [4.78, 5) is 11.8. The van der Waals surface area contributed by atoms with Gasteiger partial charge < -0.3 is 5.11 Å². The highest BCUT2D eigenvalue weighted by Gasteiger charge is 2.09. The monoisotopic (exact) mass is 224 g/mol. The molecule has 4 heteroatoms. The first-order valence-corrected chi connectivity index (χ1v) is 5.82. The first kappa shape index (κ1) is 12.9. The fourth-order valence-electron chi connectivity index (χ4n) is 1.47. The molecule has 0 aliphatic carbocycles. The van der Waals surface area contributed by atoms with Gasteiger partial charge in [-0.15, -0.1) is 0 Å². The maximum absolute atomic E-state index is 11.8. The molecule has 4 nitrogen and oxygen atoms in total. The van der Waals surface area contributed by atoms with Crippen LogP contribution in [0.5, 0.6) is 0 Å². The van der Waals surface area contributed by atoms with Crippen molar-refractivity contribution in [3.05, 3.63) is 27.7 Å². The van der Waals surface area contributed by atoms with Crippen LogP contribution < -0.4 is 5.56 Å². The van der Waals surface area contributed by atoms with Crippen molar-refractivity contribution < 1.29 is 5.11 Å². The smallest absolute Gasteiger partial charge is 0.272 e. The molecule has 16 heavy (non-hydrogen) atoms. The Kier molecular flexibility index (Phi) is 4.68. The molecule has 0 amide bonds. The average Bonchev–Trinajstić information content (AvgIpc) is 2.27. The minimum Gasteiger partial charge on any atom is -0.391 e. The van der Waals surface area contributed by atoms with Gasteiger partial charge in [0.1, 0.15) is 0 Å². The number of rotatable bonds is 5. The third-order valence-electron chi connectivity index (χ3n) is 2.55. The fraction of sp³-hybridized carbons (Fsp3) is 0.667. The Morgan fingerprint density at radius 3 is 2.69 bits per heavy atom. The molecule has 1 aromatic rings. The molecule has 0 spiro atoms. The van der Waals surface area contributed by atoms with E-state index in [1.165, 1.54) is 4.68 Å². The van der Waals surface area contributed by atoms with Crippen LogP contribution in [0.2, 0.25) is 0 Å². The summed E-state index contributed by atoms with van der Waals surface area (Å²) in [5.74, 6) is 0.263. The summed E-state index contributed by atoms with van der Waals surface area (Å²) >= 11 is 0. The SMILES string of the molecule is CCCCn1nc(C(C)C)cc(CO)c1=O. The van der Waals surface area contributed by atoms with E-state index in [4.69, 9.17) is 5.11 Å². The van der Waals surface area contributed by atoms with Crippen molar-refractivity contribution >= 4 is 0 Å². The van der Waals surface area contributed by atoms with Crippen LogP contribution in [0.1, 0.15) is 50.8 Å². The van der Waals surface area contributed by atoms with E-state index >= 15 is 0 Å². The van der Waals surface area contributed by atoms with E-state index in [0.717, 1.165) is 18.5 Å². The predicted molar refractivity (Wildman–Crippen MR) is 63.4 cm³/mol. The van der Waals surface area contributed by atoms with Crippen LogP contribution in [0, 0.1) is 0 Å². The van der Waals surface area contributed by atoms with Gasteiger partial charge in [-0.1, -0.05) is 27.2 Å². The molecule has 0 unspecified atom stereocenters. The van der Waals surface area contributed by atoms with Crippen molar-refractivity contribution in [2.75, 3.05) is 0 Å². The summed E-state index contributed by atoms with van der Waals surface area (Å²) in [5, 5.41) is 13.4. The topological polar surface area (TPSA) is 55.1 Å². The zero-order chi connectivity index (χ0) is 12.1. The van der Waals surface area contributed by atoms with Crippen LogP contribution in [0.3, 0.4) is 0 Å². The van der Waals surface area contributed by atoms with Gasteiger partial charge in [-0.05, 0) is 18.4 Å². The van der Waals surface area contributed by atoms with Gasteiger partial charge >= 0.3 is 0 Å². The first-order valence-electron chi connectivity index (χ1n) is 5.82. The van der Waals surface area contributed by atoms with Gasteiger partial charge in [0.05, 0.1) is 12.3 Å². The molecule has 0 aliphatic heterocycles. The molecule has 0 radical (unpaired) electrons. The number of aliphatic hydroxyl groups excluding tert-OH is 1. The molecule has 0 aliphatic rings. The van der Waals surface area contributed by atoms with Crippen molar-refractivity contribution in [1.82, 2.24) is 9.78 Å². The summed E-state index contributed by atoms with van der Waals surface area (Å²) in [7, 11) is 0. The number of aromatic nitrogens is 2. The van der Waals surface area contributed by atoms with Gasteiger partial charge in [-0.25, -0.2) is 4.68 Å². The van der Waals surface area contributed by atoms with E-state index < -0.39 is 0 Å². The Balaban J connectivity index is 3.14. The van der Waals surface area contributed by atoms with Gasteiger partial charge in [0.2, 0.25) is 0 Å². The Bertz CT molecular complexity index is 396. The molecule has 0 saturated heterocycles. The van der Waals surface area contributed by atoms with E-state index in [-0.39, 0.29) is 18.1 Å². The normalized spacial score (nSPS) is 11.1. The summed E-state index contributed by atoms with van der Waals surface area (Å²) in [6, 6.07) is 1.70. The van der Waals surface area contributed by atoms with Gasteiger partial charge in [-0.2, -0.15) is 5.10 Å². The van der Waals surface area contributed by atoms with Gasteiger partial charge in [-0.3, -0.25) is 4.79 Å². The summed E-state index contributed by atoms with van der Waals surface area (Å²) in [6.07, 6.45) is 1.95. The maximum atomic E-state index is 11.8. The summed E-state index contributed by atoms with van der Waals surface area (Å²) < 4.78 is 1.48. The largest absolute Gasteiger partial charge is 0.391 e. The van der Waals surface area contributed by atoms with Crippen LogP contribution in [0.15, 0.2) is 10.9 Å². The van der Waals surface area contributed by atoms with Crippen LogP contribution in [-0.4, -0.2) is 14.9 Å². The molecule has 1 rings (SSSR count). The molecular formula is C12H20N2O2. The molecule has 1 aromatic heterocycles. The summed E-state index contributed by atoms with van der Waals surface area (Å²) in [5.41, 5.74) is 1.13. The van der Waals surface area contributed by atoms with E-state index in [0.29, 0.717) is 12.1 Å². The number of aliphatic hydroxyl groups is 1. The van der Waals surface area contributed by atoms with Crippen molar-refractivity contribution in [2.45, 2.75) is 52.7 Å². The van der Waals surface area contributed by atoms with Crippen LogP contribution in [-0.2, 0) is 13.2 Å². The summed E-state index contributed by atoms with van der Waals surface area (Å²) in [6.45, 7) is 6.54. The molecule has 0 bridgehead atoms. The van der Waals surface area contributed by atoms with Gasteiger partial charge in [0, 0.05) is 12.1 Å². The Labute approximate surface area is 95.9 Å².